The molecule has 2 aromatic rings. The Labute approximate surface area is 146 Å². The second-order valence-corrected chi connectivity index (χ2v) is 6.83. The molecule has 120 valence electrons. The average Bonchev–Trinajstić information content (AvgIpc) is 2.61. The SMILES string of the molecule is Cc1ccc(CSC2=C(C#N)[C@@H](c3ccccc3)CC(=O)N2)cc1. The molecule has 1 atom stereocenters. The van der Waals surface area contributed by atoms with E-state index in [9.17, 15) is 10.1 Å². The molecular formula is C20H18N2OS. The second-order valence-electron chi connectivity index (χ2n) is 5.84. The first-order chi connectivity index (χ1) is 11.7. The Balaban J connectivity index is 1.85. The summed E-state index contributed by atoms with van der Waals surface area (Å²) in [4.78, 5) is 12.1. The van der Waals surface area contributed by atoms with Gasteiger partial charge in [0.2, 0.25) is 5.91 Å². The van der Waals surface area contributed by atoms with E-state index in [1.165, 1.54) is 22.9 Å². The highest BCUT2D eigenvalue weighted by atomic mass is 32.2. The Morgan fingerprint density at radius 2 is 1.88 bits per heavy atom. The number of nitrogens with one attached hydrogen (secondary N) is 1. The summed E-state index contributed by atoms with van der Waals surface area (Å²) >= 11 is 1.52. The molecule has 0 aliphatic carbocycles. The molecule has 0 unspecified atom stereocenters. The molecule has 0 radical (unpaired) electrons. The molecule has 1 amide bonds. The molecule has 24 heavy (non-hydrogen) atoms. The third kappa shape index (κ3) is 3.69. The quantitative estimate of drug-likeness (QED) is 0.908. The number of allylic oxidation sites excluding steroid dienone is 1. The molecule has 1 aliphatic rings. The summed E-state index contributed by atoms with van der Waals surface area (Å²) in [7, 11) is 0. The lowest BCUT2D eigenvalue weighted by molar-refractivity contribution is -0.120. The van der Waals surface area contributed by atoms with E-state index < -0.39 is 0 Å². The van der Waals surface area contributed by atoms with Gasteiger partial charge in [-0.25, -0.2) is 0 Å². The van der Waals surface area contributed by atoms with E-state index in [0.29, 0.717) is 17.0 Å². The van der Waals surface area contributed by atoms with Crippen molar-refractivity contribution >= 4 is 17.7 Å². The van der Waals surface area contributed by atoms with Gasteiger partial charge in [-0.15, -0.1) is 11.8 Å². The van der Waals surface area contributed by atoms with E-state index in [1.54, 1.807) is 0 Å². The number of hydrogen-bond acceptors (Lipinski definition) is 3. The van der Waals surface area contributed by atoms with Gasteiger partial charge < -0.3 is 5.32 Å². The van der Waals surface area contributed by atoms with Crippen LogP contribution in [-0.4, -0.2) is 5.91 Å². The van der Waals surface area contributed by atoms with Gasteiger partial charge in [0.1, 0.15) is 0 Å². The van der Waals surface area contributed by atoms with Crippen molar-refractivity contribution in [1.82, 2.24) is 5.32 Å². The minimum atomic E-state index is -0.162. The Morgan fingerprint density at radius 1 is 1.17 bits per heavy atom. The highest BCUT2D eigenvalue weighted by molar-refractivity contribution is 8.02. The normalized spacial score (nSPS) is 17.3. The van der Waals surface area contributed by atoms with Gasteiger partial charge in [0.25, 0.3) is 0 Å². The van der Waals surface area contributed by atoms with Crippen LogP contribution in [0.1, 0.15) is 29.0 Å². The molecule has 1 heterocycles. The van der Waals surface area contributed by atoms with Gasteiger partial charge in [0.05, 0.1) is 16.7 Å². The van der Waals surface area contributed by atoms with Crippen molar-refractivity contribution < 1.29 is 4.79 Å². The zero-order chi connectivity index (χ0) is 16.9. The third-order valence-corrected chi connectivity index (χ3v) is 5.15. The van der Waals surface area contributed by atoms with Crippen LogP contribution >= 0.6 is 11.8 Å². The third-order valence-electron chi connectivity index (χ3n) is 4.06. The van der Waals surface area contributed by atoms with Crippen LogP contribution in [0.3, 0.4) is 0 Å². The van der Waals surface area contributed by atoms with Gasteiger partial charge in [-0.2, -0.15) is 5.26 Å². The van der Waals surface area contributed by atoms with Gasteiger partial charge in [-0.05, 0) is 18.1 Å². The number of carbonyl (C=O) groups excluding carboxylic acids is 1. The lowest BCUT2D eigenvalue weighted by atomic mass is 9.87. The maximum Gasteiger partial charge on any atom is 0.225 e. The van der Waals surface area contributed by atoms with Crippen molar-refractivity contribution in [3.05, 3.63) is 81.9 Å². The fourth-order valence-electron chi connectivity index (χ4n) is 2.74. The average molecular weight is 334 g/mol. The van der Waals surface area contributed by atoms with Crippen LogP contribution in [-0.2, 0) is 10.5 Å². The number of carbonyl (C=O) groups is 1. The molecule has 0 spiro atoms. The van der Waals surface area contributed by atoms with Gasteiger partial charge in [-0.1, -0.05) is 60.2 Å². The first kappa shape index (κ1) is 16.4. The number of hydrogen-bond donors (Lipinski definition) is 1. The van der Waals surface area contributed by atoms with E-state index in [2.05, 4.69) is 42.6 Å². The molecule has 3 nitrogen and oxygen atoms in total. The van der Waals surface area contributed by atoms with E-state index >= 15 is 0 Å². The van der Waals surface area contributed by atoms with Crippen molar-refractivity contribution in [3.63, 3.8) is 0 Å². The summed E-state index contributed by atoms with van der Waals surface area (Å²) in [5.74, 6) is 0.530. The number of thioether (sulfide) groups is 1. The molecule has 1 N–H and O–H groups in total. The summed E-state index contributed by atoms with van der Waals surface area (Å²) in [6, 6.07) is 20.4. The first-order valence-corrected chi connectivity index (χ1v) is 8.83. The minimum absolute atomic E-state index is 0.0331. The molecule has 0 aromatic heterocycles. The van der Waals surface area contributed by atoms with Crippen LogP contribution in [0.5, 0.6) is 0 Å². The fraction of sp³-hybridized carbons (Fsp3) is 0.200. The smallest absolute Gasteiger partial charge is 0.225 e. The number of benzene rings is 2. The van der Waals surface area contributed by atoms with Crippen molar-refractivity contribution in [3.8, 4) is 6.07 Å². The standard InChI is InChI=1S/C20H18N2OS/c1-14-7-9-15(10-8-14)13-24-20-18(12-21)17(11-19(23)22-20)16-5-3-2-4-6-16/h2-10,17H,11,13H2,1H3,(H,22,23)/t17-/m1/s1. The fourth-order valence-corrected chi connectivity index (χ4v) is 3.78. The van der Waals surface area contributed by atoms with E-state index in [4.69, 9.17) is 0 Å². The Bertz CT molecular complexity index is 804. The van der Waals surface area contributed by atoms with Crippen LogP contribution < -0.4 is 5.32 Å². The second kappa shape index (κ2) is 7.37. The van der Waals surface area contributed by atoms with E-state index in [1.807, 2.05) is 30.3 Å². The summed E-state index contributed by atoms with van der Waals surface area (Å²) in [5, 5.41) is 13.2. The number of nitriles is 1. The maximum atomic E-state index is 12.1. The van der Waals surface area contributed by atoms with Crippen LogP contribution in [0.4, 0.5) is 0 Å². The molecule has 1 aliphatic heterocycles. The zero-order valence-electron chi connectivity index (χ0n) is 13.5. The highest BCUT2D eigenvalue weighted by Gasteiger charge is 2.29. The molecular weight excluding hydrogens is 316 g/mol. The highest BCUT2D eigenvalue weighted by Crippen LogP contribution is 2.36. The largest absolute Gasteiger partial charge is 0.320 e. The lowest BCUT2D eigenvalue weighted by Gasteiger charge is -2.25. The molecule has 4 heteroatoms. The van der Waals surface area contributed by atoms with Crippen molar-refractivity contribution in [1.29, 1.82) is 5.26 Å². The number of amides is 1. The maximum absolute atomic E-state index is 12.1. The van der Waals surface area contributed by atoms with Gasteiger partial charge in [0.15, 0.2) is 0 Å². The topological polar surface area (TPSA) is 52.9 Å². The molecule has 3 rings (SSSR count). The molecule has 0 fully saturated rings. The monoisotopic (exact) mass is 334 g/mol. The molecule has 0 saturated carbocycles. The van der Waals surface area contributed by atoms with E-state index in [0.717, 1.165) is 11.3 Å². The molecule has 0 bridgehead atoms. The first-order valence-electron chi connectivity index (χ1n) is 7.85. The van der Waals surface area contributed by atoms with Crippen molar-refractivity contribution in [2.45, 2.75) is 25.0 Å². The lowest BCUT2D eigenvalue weighted by Crippen LogP contribution is -2.30. The summed E-state index contributed by atoms with van der Waals surface area (Å²) in [6.07, 6.45) is 0.321. The summed E-state index contributed by atoms with van der Waals surface area (Å²) < 4.78 is 0. The molecule has 0 saturated heterocycles. The Hall–Kier alpha value is -2.51. The predicted octanol–water partition coefficient (Wildman–Crippen LogP) is 4.27. The van der Waals surface area contributed by atoms with Crippen LogP contribution in [0.25, 0.3) is 0 Å². The minimum Gasteiger partial charge on any atom is -0.320 e. The predicted molar refractivity (Wildman–Crippen MR) is 97.1 cm³/mol. The van der Waals surface area contributed by atoms with Crippen LogP contribution in [0, 0.1) is 18.3 Å². The Morgan fingerprint density at radius 3 is 2.54 bits per heavy atom. The van der Waals surface area contributed by atoms with Gasteiger partial charge in [0, 0.05) is 18.1 Å². The van der Waals surface area contributed by atoms with Gasteiger partial charge >= 0.3 is 0 Å². The Kier molecular flexibility index (Phi) is 5.02. The van der Waals surface area contributed by atoms with Gasteiger partial charge in [-0.3, -0.25) is 4.79 Å². The van der Waals surface area contributed by atoms with Crippen molar-refractivity contribution in [2.75, 3.05) is 0 Å². The van der Waals surface area contributed by atoms with E-state index in [-0.39, 0.29) is 11.8 Å². The van der Waals surface area contributed by atoms with Crippen molar-refractivity contribution in [2.24, 2.45) is 0 Å². The zero-order valence-corrected chi connectivity index (χ0v) is 14.3. The number of aryl methyl sites for hydroxylation is 1. The number of rotatable bonds is 4. The number of nitrogens with zero attached hydrogens (tertiary/aromatic N) is 1. The van der Waals surface area contributed by atoms with Crippen LogP contribution in [0.2, 0.25) is 0 Å². The summed E-state index contributed by atoms with van der Waals surface area (Å²) in [5.41, 5.74) is 4.05. The van der Waals surface area contributed by atoms with Crippen LogP contribution in [0.15, 0.2) is 65.2 Å². The molecule has 2 aromatic carbocycles. The summed E-state index contributed by atoms with van der Waals surface area (Å²) in [6.45, 7) is 2.05.